The number of amides is 1. The highest BCUT2D eigenvalue weighted by atomic mass is 19.1. The van der Waals surface area contributed by atoms with Crippen LogP contribution in [0.5, 0.6) is 11.5 Å². The predicted octanol–water partition coefficient (Wildman–Crippen LogP) is 3.81. The van der Waals surface area contributed by atoms with Crippen LogP contribution in [0.2, 0.25) is 0 Å². The maximum Gasteiger partial charge on any atom is 0.278 e. The first-order chi connectivity index (χ1) is 16.9. The third-order valence-corrected chi connectivity index (χ3v) is 6.50. The Morgan fingerprint density at radius 1 is 1.06 bits per heavy atom. The van der Waals surface area contributed by atoms with Crippen LogP contribution < -0.4 is 15.2 Å². The monoisotopic (exact) mass is 475 g/mol. The van der Waals surface area contributed by atoms with Crippen molar-refractivity contribution < 1.29 is 19.0 Å². The van der Waals surface area contributed by atoms with Crippen LogP contribution in [0.25, 0.3) is 0 Å². The molecule has 2 aliphatic rings. The molecule has 1 N–H and O–H groups in total. The summed E-state index contributed by atoms with van der Waals surface area (Å²) in [4.78, 5) is 27.7. The maximum absolute atomic E-state index is 15.1. The summed E-state index contributed by atoms with van der Waals surface area (Å²) in [7, 11) is 0. The van der Waals surface area contributed by atoms with Crippen LogP contribution in [-0.2, 0) is 0 Å². The molecule has 1 aromatic heterocycles. The summed E-state index contributed by atoms with van der Waals surface area (Å²) in [6, 6.07) is 14.5. The van der Waals surface area contributed by atoms with Gasteiger partial charge in [-0.3, -0.25) is 19.3 Å². The van der Waals surface area contributed by atoms with Crippen LogP contribution in [0.15, 0.2) is 77.7 Å². The van der Waals surface area contributed by atoms with Crippen molar-refractivity contribution in [2.75, 3.05) is 18.3 Å². The molecule has 2 atom stereocenters. The fraction of sp³-hybridized carbons (Fsp3) is 0.259. The van der Waals surface area contributed by atoms with Gasteiger partial charge in [-0.2, -0.15) is 0 Å². The van der Waals surface area contributed by atoms with Gasteiger partial charge in [0.05, 0.1) is 6.04 Å². The number of ether oxygens (including phenoxy) is 1. The van der Waals surface area contributed by atoms with E-state index in [9.17, 15) is 14.7 Å². The second kappa shape index (κ2) is 8.94. The van der Waals surface area contributed by atoms with Crippen molar-refractivity contribution in [1.82, 2.24) is 9.58 Å². The van der Waals surface area contributed by atoms with Gasteiger partial charge in [0, 0.05) is 17.8 Å². The van der Waals surface area contributed by atoms with Crippen molar-refractivity contribution >= 4 is 5.91 Å². The van der Waals surface area contributed by atoms with Gasteiger partial charge in [-0.25, -0.2) is 4.39 Å². The first kappa shape index (κ1) is 22.7. The van der Waals surface area contributed by atoms with E-state index in [1.807, 2.05) is 55.3 Å². The molecule has 0 fully saturated rings. The Bertz CT molecular complexity index is 1350. The van der Waals surface area contributed by atoms with Crippen LogP contribution in [0.4, 0.5) is 4.39 Å². The Morgan fingerprint density at radius 3 is 2.57 bits per heavy atom. The molecule has 3 aromatic rings. The van der Waals surface area contributed by atoms with Crippen molar-refractivity contribution in [2.24, 2.45) is 5.92 Å². The van der Waals surface area contributed by atoms with E-state index in [1.165, 1.54) is 23.0 Å². The van der Waals surface area contributed by atoms with E-state index in [1.54, 1.807) is 23.1 Å². The van der Waals surface area contributed by atoms with Gasteiger partial charge in [0.1, 0.15) is 19.3 Å². The smallest absolute Gasteiger partial charge is 0.278 e. The lowest BCUT2D eigenvalue weighted by molar-refractivity contribution is 0.0588. The topological polar surface area (TPSA) is 75.0 Å². The zero-order valence-corrected chi connectivity index (χ0v) is 19.5. The fourth-order valence-electron chi connectivity index (χ4n) is 4.84. The summed E-state index contributed by atoms with van der Waals surface area (Å²) in [5.74, 6) is -1.42. The number of fused-ring (bicyclic) bond motifs is 5. The normalized spacial score (nSPS) is 20.5. The number of halogens is 1. The van der Waals surface area contributed by atoms with Gasteiger partial charge in [-0.15, -0.1) is 0 Å². The number of hydrogen-bond acceptors (Lipinski definition) is 5. The molecule has 2 aromatic carbocycles. The van der Waals surface area contributed by atoms with E-state index in [2.05, 4.69) is 0 Å². The van der Waals surface area contributed by atoms with Crippen molar-refractivity contribution in [1.29, 1.82) is 0 Å². The van der Waals surface area contributed by atoms with E-state index < -0.39 is 28.9 Å². The summed E-state index contributed by atoms with van der Waals surface area (Å²) < 4.78 is 22.5. The molecule has 5 rings (SSSR count). The average Bonchev–Trinajstić information content (AvgIpc) is 2.87. The Kier molecular flexibility index (Phi) is 5.80. The number of nitrogens with zero attached hydrogens (tertiary/aromatic N) is 3. The average molecular weight is 476 g/mol. The van der Waals surface area contributed by atoms with Gasteiger partial charge in [0.15, 0.2) is 23.0 Å². The SMILES string of the molecule is CC(C)C1/C=C/COc2c(F)cccc2[C@@H](c2ccccc2)N2CN1C(=O)c1c(O)c(=O)ccn12. The van der Waals surface area contributed by atoms with Crippen LogP contribution in [0.3, 0.4) is 0 Å². The molecule has 0 radical (unpaired) electrons. The van der Waals surface area contributed by atoms with Crippen LogP contribution in [0, 0.1) is 11.7 Å². The molecule has 1 amide bonds. The lowest BCUT2D eigenvalue weighted by Gasteiger charge is -2.46. The van der Waals surface area contributed by atoms with Crippen LogP contribution in [0.1, 0.15) is 41.5 Å². The van der Waals surface area contributed by atoms with Gasteiger partial charge < -0.3 is 14.7 Å². The van der Waals surface area contributed by atoms with Crippen LogP contribution >= 0.6 is 0 Å². The van der Waals surface area contributed by atoms with E-state index in [4.69, 9.17) is 4.74 Å². The molecule has 180 valence electrons. The van der Waals surface area contributed by atoms with E-state index >= 15 is 4.39 Å². The molecular weight excluding hydrogens is 449 g/mol. The molecule has 2 aliphatic heterocycles. The highest BCUT2D eigenvalue weighted by Crippen LogP contribution is 2.38. The van der Waals surface area contributed by atoms with Crippen molar-refractivity contribution in [3.05, 3.63) is 106 Å². The molecule has 8 heteroatoms. The number of carbonyl (C=O) groups excluding carboxylic acids is 1. The quantitative estimate of drug-likeness (QED) is 0.571. The summed E-state index contributed by atoms with van der Waals surface area (Å²) in [5.41, 5.74) is 0.626. The van der Waals surface area contributed by atoms with Crippen LogP contribution in [-0.4, -0.2) is 39.9 Å². The summed E-state index contributed by atoms with van der Waals surface area (Å²) >= 11 is 0. The number of aromatic hydroxyl groups is 1. The Labute approximate surface area is 202 Å². The number of pyridine rings is 1. The first-order valence-corrected chi connectivity index (χ1v) is 11.5. The largest absolute Gasteiger partial charge is 0.502 e. The molecule has 7 nitrogen and oxygen atoms in total. The number of aromatic nitrogens is 1. The van der Waals surface area contributed by atoms with Crippen molar-refractivity contribution in [2.45, 2.75) is 25.9 Å². The number of hydrogen-bond donors (Lipinski definition) is 1. The third kappa shape index (κ3) is 3.84. The molecule has 0 saturated heterocycles. The molecule has 2 bridgehead atoms. The second-order valence-corrected chi connectivity index (χ2v) is 9.02. The summed E-state index contributed by atoms with van der Waals surface area (Å²) in [6.45, 7) is 4.24. The highest BCUT2D eigenvalue weighted by molar-refractivity contribution is 5.96. The molecule has 3 heterocycles. The van der Waals surface area contributed by atoms with Gasteiger partial charge in [0.25, 0.3) is 5.91 Å². The van der Waals surface area contributed by atoms with Gasteiger partial charge >= 0.3 is 0 Å². The molecular formula is C27H26FN3O4. The second-order valence-electron chi connectivity index (χ2n) is 9.02. The van der Waals surface area contributed by atoms with E-state index in [0.717, 1.165) is 5.56 Å². The minimum Gasteiger partial charge on any atom is -0.502 e. The lowest BCUT2D eigenvalue weighted by atomic mass is 9.96. The molecule has 0 aliphatic carbocycles. The third-order valence-electron chi connectivity index (χ3n) is 6.50. The molecule has 1 unspecified atom stereocenters. The zero-order chi connectivity index (χ0) is 24.7. The van der Waals surface area contributed by atoms with Gasteiger partial charge in [0.2, 0.25) is 5.43 Å². The lowest BCUT2D eigenvalue weighted by Crippen LogP contribution is -2.58. The first-order valence-electron chi connectivity index (χ1n) is 11.5. The number of benzene rings is 2. The number of carbonyl (C=O) groups is 1. The minimum absolute atomic E-state index is 0.0243. The standard InChI is InChI=1S/C27H26FN3O4/c1-17(2)21-12-7-15-35-26-19(10-6-11-20(26)28)23(18-8-4-3-5-9-18)31-16-29(21)27(34)24-25(33)22(32)13-14-30(24)31/h3-14,17,21,23,33H,15-16H2,1-2H3/b12-7+/t21?,23-/m1/s1. The Hall–Kier alpha value is -4.07. The van der Waals surface area contributed by atoms with Crippen molar-refractivity contribution in [3.63, 3.8) is 0 Å². The molecule has 35 heavy (non-hydrogen) atoms. The highest BCUT2D eigenvalue weighted by Gasteiger charge is 2.40. The maximum atomic E-state index is 15.1. The summed E-state index contributed by atoms with van der Waals surface area (Å²) in [5, 5.41) is 12.6. The number of rotatable bonds is 2. The Morgan fingerprint density at radius 2 is 1.83 bits per heavy atom. The van der Waals surface area contributed by atoms with E-state index in [-0.39, 0.29) is 36.7 Å². The van der Waals surface area contributed by atoms with Gasteiger partial charge in [-0.1, -0.05) is 62.4 Å². The molecule has 0 saturated carbocycles. The summed E-state index contributed by atoms with van der Waals surface area (Å²) in [6.07, 6.45) is 5.11. The zero-order valence-electron chi connectivity index (χ0n) is 19.5. The number of para-hydroxylation sites is 1. The molecule has 0 spiro atoms. The fourth-order valence-corrected chi connectivity index (χ4v) is 4.84. The van der Waals surface area contributed by atoms with Crippen molar-refractivity contribution in [3.8, 4) is 11.5 Å². The Balaban J connectivity index is 1.84. The minimum atomic E-state index is -0.640. The van der Waals surface area contributed by atoms with Gasteiger partial charge in [-0.05, 0) is 23.6 Å². The predicted molar refractivity (Wildman–Crippen MR) is 130 cm³/mol. The van der Waals surface area contributed by atoms with E-state index in [0.29, 0.717) is 5.56 Å².